The Morgan fingerprint density at radius 2 is 1.94 bits per heavy atom. The first-order valence-electron chi connectivity index (χ1n) is 7.40. The predicted octanol–water partition coefficient (Wildman–Crippen LogP) is 2.26. The molecule has 1 saturated heterocycles. The molecule has 3 unspecified atom stereocenters. The lowest BCUT2D eigenvalue weighted by atomic mass is 9.63. The summed E-state index contributed by atoms with van der Waals surface area (Å²) in [6.45, 7) is 16.8. The third-order valence-electron chi connectivity index (χ3n) is 4.91. The average Bonchev–Trinajstić information content (AvgIpc) is 2.28. The molecule has 0 aromatic carbocycles. The van der Waals surface area contributed by atoms with E-state index in [-0.39, 0.29) is 11.0 Å². The summed E-state index contributed by atoms with van der Waals surface area (Å²) in [6, 6.07) is 1.30. The van der Waals surface area contributed by atoms with Gasteiger partial charge in [0.1, 0.15) is 0 Å². The van der Waals surface area contributed by atoms with Crippen LogP contribution < -0.4 is 5.32 Å². The lowest BCUT2D eigenvalue weighted by molar-refractivity contribution is -0.164. The van der Waals surface area contributed by atoms with E-state index in [0.717, 1.165) is 19.7 Å². The fraction of sp³-hybridized carbons (Fsp3) is 1.00. The van der Waals surface area contributed by atoms with Crippen LogP contribution in [0.1, 0.15) is 48.0 Å². The molecule has 3 nitrogen and oxygen atoms in total. The van der Waals surface area contributed by atoms with Crippen molar-refractivity contribution >= 4 is 0 Å². The van der Waals surface area contributed by atoms with Crippen LogP contribution in [0.3, 0.4) is 0 Å². The van der Waals surface area contributed by atoms with Crippen LogP contribution in [-0.2, 0) is 4.74 Å². The lowest BCUT2D eigenvalue weighted by Gasteiger charge is -2.60. The highest BCUT2D eigenvalue weighted by molar-refractivity contribution is 5.07. The van der Waals surface area contributed by atoms with Crippen molar-refractivity contribution in [1.82, 2.24) is 10.2 Å². The molecule has 0 aromatic heterocycles. The molecular formula is C15H30N2O. The van der Waals surface area contributed by atoms with Gasteiger partial charge in [0.25, 0.3) is 0 Å². The van der Waals surface area contributed by atoms with E-state index in [9.17, 15) is 0 Å². The van der Waals surface area contributed by atoms with Crippen molar-refractivity contribution in [2.45, 2.75) is 71.7 Å². The van der Waals surface area contributed by atoms with Crippen molar-refractivity contribution in [1.29, 1.82) is 0 Å². The summed E-state index contributed by atoms with van der Waals surface area (Å²) in [5, 5.41) is 3.63. The van der Waals surface area contributed by atoms with Crippen LogP contribution in [0, 0.1) is 5.41 Å². The van der Waals surface area contributed by atoms with Gasteiger partial charge in [0.05, 0.1) is 6.10 Å². The SMILES string of the molecule is CCOC1CC(N2CC(C)(C)NCC2C)C1(C)C. The molecule has 1 N–H and O–H groups in total. The largest absolute Gasteiger partial charge is 0.378 e. The molecule has 0 radical (unpaired) electrons. The van der Waals surface area contributed by atoms with Gasteiger partial charge in [-0.3, -0.25) is 4.90 Å². The third-order valence-corrected chi connectivity index (χ3v) is 4.91. The van der Waals surface area contributed by atoms with Crippen molar-refractivity contribution in [2.24, 2.45) is 5.41 Å². The Morgan fingerprint density at radius 1 is 1.28 bits per heavy atom. The number of hydrogen-bond donors (Lipinski definition) is 1. The topological polar surface area (TPSA) is 24.5 Å². The standard InChI is InChI=1S/C15H30N2O/c1-7-18-13-8-12(15(13,5)6)17-10-14(3,4)16-9-11(17)2/h11-13,16H,7-10H2,1-6H3. The second-order valence-corrected chi connectivity index (χ2v) is 7.30. The number of nitrogens with zero attached hydrogens (tertiary/aromatic N) is 1. The summed E-state index contributed by atoms with van der Waals surface area (Å²) in [6.07, 6.45) is 1.64. The number of rotatable bonds is 3. The summed E-state index contributed by atoms with van der Waals surface area (Å²) >= 11 is 0. The molecule has 1 saturated carbocycles. The zero-order valence-electron chi connectivity index (χ0n) is 12.9. The molecular weight excluding hydrogens is 224 g/mol. The number of nitrogens with one attached hydrogen (secondary N) is 1. The highest BCUT2D eigenvalue weighted by Crippen LogP contribution is 2.47. The van der Waals surface area contributed by atoms with E-state index in [1.54, 1.807) is 0 Å². The van der Waals surface area contributed by atoms with Gasteiger partial charge in [-0.2, -0.15) is 0 Å². The fourth-order valence-electron chi connectivity index (χ4n) is 3.54. The minimum Gasteiger partial charge on any atom is -0.378 e. The molecule has 1 aliphatic carbocycles. The van der Waals surface area contributed by atoms with E-state index < -0.39 is 0 Å². The predicted molar refractivity (Wildman–Crippen MR) is 75.8 cm³/mol. The van der Waals surface area contributed by atoms with E-state index in [1.165, 1.54) is 6.42 Å². The van der Waals surface area contributed by atoms with Gasteiger partial charge in [0.2, 0.25) is 0 Å². The van der Waals surface area contributed by atoms with Gasteiger partial charge in [-0.1, -0.05) is 13.8 Å². The van der Waals surface area contributed by atoms with E-state index in [4.69, 9.17) is 4.74 Å². The molecule has 3 heteroatoms. The van der Waals surface area contributed by atoms with Gasteiger partial charge >= 0.3 is 0 Å². The molecule has 1 aliphatic heterocycles. The molecule has 0 bridgehead atoms. The average molecular weight is 254 g/mol. The Kier molecular flexibility index (Phi) is 3.79. The highest BCUT2D eigenvalue weighted by atomic mass is 16.5. The lowest BCUT2D eigenvalue weighted by Crippen LogP contribution is -2.70. The molecule has 2 fully saturated rings. The second kappa shape index (κ2) is 4.77. The van der Waals surface area contributed by atoms with Crippen LogP contribution in [0.4, 0.5) is 0 Å². The van der Waals surface area contributed by atoms with Gasteiger partial charge in [-0.25, -0.2) is 0 Å². The van der Waals surface area contributed by atoms with Gasteiger partial charge in [-0.05, 0) is 34.1 Å². The van der Waals surface area contributed by atoms with Gasteiger partial charge in [0.15, 0.2) is 0 Å². The minimum atomic E-state index is 0.235. The van der Waals surface area contributed by atoms with Crippen LogP contribution in [0.2, 0.25) is 0 Å². The number of piperazine rings is 1. The Balaban J connectivity index is 2.04. The van der Waals surface area contributed by atoms with Gasteiger partial charge in [-0.15, -0.1) is 0 Å². The van der Waals surface area contributed by atoms with Crippen LogP contribution >= 0.6 is 0 Å². The number of ether oxygens (including phenoxy) is 1. The van der Waals surface area contributed by atoms with Crippen molar-refractivity contribution < 1.29 is 4.74 Å². The summed E-state index contributed by atoms with van der Waals surface area (Å²) in [5.41, 5.74) is 0.525. The summed E-state index contributed by atoms with van der Waals surface area (Å²) < 4.78 is 5.86. The third kappa shape index (κ3) is 2.45. The van der Waals surface area contributed by atoms with Gasteiger partial charge in [0, 0.05) is 42.7 Å². The van der Waals surface area contributed by atoms with E-state index >= 15 is 0 Å². The zero-order valence-corrected chi connectivity index (χ0v) is 12.9. The normalized spacial score (nSPS) is 39.3. The summed E-state index contributed by atoms with van der Waals surface area (Å²) in [4.78, 5) is 2.70. The summed E-state index contributed by atoms with van der Waals surface area (Å²) in [7, 11) is 0. The molecule has 1 heterocycles. The molecule has 3 atom stereocenters. The molecule has 0 amide bonds. The highest BCUT2D eigenvalue weighted by Gasteiger charge is 2.53. The maximum atomic E-state index is 5.86. The molecule has 0 spiro atoms. The Bertz CT molecular complexity index is 301. The first-order valence-corrected chi connectivity index (χ1v) is 7.40. The smallest absolute Gasteiger partial charge is 0.0655 e. The minimum absolute atomic E-state index is 0.235. The maximum Gasteiger partial charge on any atom is 0.0655 e. The quantitative estimate of drug-likeness (QED) is 0.836. The number of hydrogen-bond acceptors (Lipinski definition) is 3. The Hall–Kier alpha value is -0.120. The Labute approximate surface area is 112 Å². The second-order valence-electron chi connectivity index (χ2n) is 7.30. The van der Waals surface area contributed by atoms with E-state index in [1.807, 2.05) is 0 Å². The molecule has 0 aromatic rings. The van der Waals surface area contributed by atoms with Crippen molar-refractivity contribution in [3.05, 3.63) is 0 Å². The molecule has 18 heavy (non-hydrogen) atoms. The zero-order chi connectivity index (χ0) is 13.6. The molecule has 106 valence electrons. The van der Waals surface area contributed by atoms with Crippen molar-refractivity contribution in [2.75, 3.05) is 19.7 Å². The first-order chi connectivity index (χ1) is 8.28. The van der Waals surface area contributed by atoms with Gasteiger partial charge < -0.3 is 10.1 Å². The van der Waals surface area contributed by atoms with Crippen LogP contribution in [0.5, 0.6) is 0 Å². The first kappa shape index (κ1) is 14.3. The maximum absolute atomic E-state index is 5.86. The van der Waals surface area contributed by atoms with E-state index in [2.05, 4.69) is 51.8 Å². The Morgan fingerprint density at radius 3 is 2.50 bits per heavy atom. The monoisotopic (exact) mass is 254 g/mol. The van der Waals surface area contributed by atoms with Crippen LogP contribution in [-0.4, -0.2) is 48.3 Å². The van der Waals surface area contributed by atoms with Crippen LogP contribution in [0.25, 0.3) is 0 Å². The van der Waals surface area contributed by atoms with Crippen LogP contribution in [0.15, 0.2) is 0 Å². The fourth-order valence-corrected chi connectivity index (χ4v) is 3.54. The van der Waals surface area contributed by atoms with Crippen molar-refractivity contribution in [3.8, 4) is 0 Å². The molecule has 2 rings (SSSR count). The molecule has 2 aliphatic rings. The summed E-state index contributed by atoms with van der Waals surface area (Å²) in [5.74, 6) is 0. The van der Waals surface area contributed by atoms with E-state index in [0.29, 0.717) is 18.2 Å². The van der Waals surface area contributed by atoms with Crippen molar-refractivity contribution in [3.63, 3.8) is 0 Å².